The number of ether oxygens (including phenoxy) is 1. The summed E-state index contributed by atoms with van der Waals surface area (Å²) in [7, 11) is -2.75. The number of halogens is 3. The molecule has 0 saturated carbocycles. The molecule has 3 rings (SSSR count). The van der Waals surface area contributed by atoms with Crippen molar-refractivity contribution < 1.29 is 31.1 Å². The van der Waals surface area contributed by atoms with Crippen LogP contribution in [0.4, 0.5) is 18.9 Å². The van der Waals surface area contributed by atoms with Crippen LogP contribution >= 0.6 is 0 Å². The summed E-state index contributed by atoms with van der Waals surface area (Å²) in [4.78, 5) is 16.5. The quantitative estimate of drug-likeness (QED) is 0.548. The van der Waals surface area contributed by atoms with Crippen molar-refractivity contribution in [3.05, 3.63) is 66.5 Å². The monoisotopic (exact) mass is 467 g/mol. The molecule has 170 valence electrons. The summed E-state index contributed by atoms with van der Waals surface area (Å²) in [5, 5.41) is 3.36. The molecule has 7 nitrogen and oxygen atoms in total. The van der Waals surface area contributed by atoms with E-state index < -0.39 is 34.2 Å². The molecule has 0 aliphatic carbocycles. The number of nitrogens with one attached hydrogen (secondary N) is 1. The van der Waals surface area contributed by atoms with E-state index in [2.05, 4.69) is 10.3 Å². The minimum atomic E-state index is -4.57. The summed E-state index contributed by atoms with van der Waals surface area (Å²) in [5.41, 5.74) is -1.02. The molecule has 11 heteroatoms. The van der Waals surface area contributed by atoms with E-state index in [0.29, 0.717) is 10.8 Å². The van der Waals surface area contributed by atoms with Gasteiger partial charge in [-0.25, -0.2) is 8.42 Å². The summed E-state index contributed by atoms with van der Waals surface area (Å²) >= 11 is 0. The van der Waals surface area contributed by atoms with Crippen LogP contribution in [0.25, 0.3) is 10.8 Å². The highest BCUT2D eigenvalue weighted by atomic mass is 32.2. The van der Waals surface area contributed by atoms with Gasteiger partial charge in [-0.2, -0.15) is 17.5 Å². The van der Waals surface area contributed by atoms with Crippen molar-refractivity contribution in [1.82, 2.24) is 9.29 Å². The summed E-state index contributed by atoms with van der Waals surface area (Å²) < 4.78 is 71.3. The van der Waals surface area contributed by atoms with Crippen LogP contribution in [0.5, 0.6) is 0 Å². The Morgan fingerprint density at radius 1 is 1.16 bits per heavy atom. The zero-order valence-electron chi connectivity index (χ0n) is 17.0. The fraction of sp³-hybridized carbons (Fsp3) is 0.238. The topological polar surface area (TPSA) is 88.6 Å². The molecule has 1 aromatic heterocycles. The van der Waals surface area contributed by atoms with Crippen LogP contribution < -0.4 is 5.32 Å². The highest BCUT2D eigenvalue weighted by Crippen LogP contribution is 2.31. The van der Waals surface area contributed by atoms with Crippen LogP contribution in [-0.4, -0.2) is 50.4 Å². The van der Waals surface area contributed by atoms with Crippen LogP contribution in [0, 0.1) is 0 Å². The van der Waals surface area contributed by atoms with E-state index in [-0.39, 0.29) is 23.7 Å². The number of nitrogens with zero attached hydrogens (tertiary/aromatic N) is 2. The van der Waals surface area contributed by atoms with E-state index in [9.17, 15) is 26.4 Å². The molecular weight excluding hydrogens is 447 g/mol. The lowest BCUT2D eigenvalue weighted by molar-refractivity contribution is -0.137. The van der Waals surface area contributed by atoms with Crippen molar-refractivity contribution in [1.29, 1.82) is 0 Å². The number of carbonyl (C=O) groups excluding carboxylic acids is 1. The molecule has 0 atom stereocenters. The van der Waals surface area contributed by atoms with Crippen molar-refractivity contribution in [2.75, 3.05) is 32.1 Å². The van der Waals surface area contributed by atoms with Crippen molar-refractivity contribution >= 4 is 32.4 Å². The van der Waals surface area contributed by atoms with Gasteiger partial charge in [0, 0.05) is 42.5 Å². The minimum Gasteiger partial charge on any atom is -0.383 e. The first-order chi connectivity index (χ1) is 15.1. The highest BCUT2D eigenvalue weighted by Gasteiger charge is 2.31. The van der Waals surface area contributed by atoms with Crippen molar-refractivity contribution in [3.63, 3.8) is 0 Å². The number of pyridine rings is 1. The third-order valence-electron chi connectivity index (χ3n) is 4.60. The second-order valence-electron chi connectivity index (χ2n) is 6.81. The van der Waals surface area contributed by atoms with E-state index >= 15 is 0 Å². The molecule has 0 aliphatic heterocycles. The number of sulfonamides is 1. The molecule has 0 aliphatic rings. The van der Waals surface area contributed by atoms with Crippen LogP contribution in [0.2, 0.25) is 0 Å². The summed E-state index contributed by atoms with van der Waals surface area (Å²) in [5.74, 6) is -0.786. The Morgan fingerprint density at radius 2 is 1.91 bits per heavy atom. The first kappa shape index (κ1) is 23.6. The van der Waals surface area contributed by atoms with Gasteiger partial charge in [-0.3, -0.25) is 9.78 Å². The Bertz CT molecular complexity index is 1210. The molecule has 1 amide bonds. The molecule has 2 aromatic carbocycles. The number of hydrogen-bond acceptors (Lipinski definition) is 5. The predicted molar refractivity (Wildman–Crippen MR) is 112 cm³/mol. The normalized spacial score (nSPS) is 12.3. The zero-order valence-corrected chi connectivity index (χ0v) is 17.8. The fourth-order valence-electron chi connectivity index (χ4n) is 3.07. The lowest BCUT2D eigenvalue weighted by Gasteiger charge is -2.22. The maximum absolute atomic E-state index is 13.3. The van der Waals surface area contributed by atoms with Gasteiger partial charge < -0.3 is 10.1 Å². The van der Waals surface area contributed by atoms with Gasteiger partial charge in [0.25, 0.3) is 0 Å². The SMILES string of the molecule is COCCN(CC(=O)Nc1cccc(C(F)(F)F)c1)S(=O)(=O)c1cccc2cnccc12. The number of alkyl halides is 3. The molecule has 0 unspecified atom stereocenters. The van der Waals surface area contributed by atoms with Crippen LogP contribution in [0.15, 0.2) is 65.8 Å². The molecule has 32 heavy (non-hydrogen) atoms. The molecule has 0 bridgehead atoms. The number of carbonyl (C=O) groups is 1. The van der Waals surface area contributed by atoms with Crippen LogP contribution in [0.1, 0.15) is 5.56 Å². The van der Waals surface area contributed by atoms with Gasteiger partial charge in [0.05, 0.1) is 23.6 Å². The number of fused-ring (bicyclic) bond motifs is 1. The van der Waals surface area contributed by atoms with Gasteiger partial charge >= 0.3 is 6.18 Å². The van der Waals surface area contributed by atoms with Crippen molar-refractivity contribution in [2.24, 2.45) is 0 Å². The Balaban J connectivity index is 1.87. The van der Waals surface area contributed by atoms with E-state index in [0.717, 1.165) is 22.5 Å². The summed E-state index contributed by atoms with van der Waals surface area (Å²) in [6.45, 7) is -0.720. The van der Waals surface area contributed by atoms with Crippen molar-refractivity contribution in [3.8, 4) is 0 Å². The van der Waals surface area contributed by atoms with Gasteiger partial charge in [0.2, 0.25) is 15.9 Å². The van der Waals surface area contributed by atoms with Gasteiger partial charge in [0.1, 0.15) is 0 Å². The molecule has 3 aromatic rings. The third kappa shape index (κ3) is 5.42. The lowest BCUT2D eigenvalue weighted by atomic mass is 10.2. The molecule has 1 heterocycles. The molecule has 0 fully saturated rings. The van der Waals surface area contributed by atoms with Crippen molar-refractivity contribution in [2.45, 2.75) is 11.1 Å². The molecule has 0 radical (unpaired) electrons. The number of aromatic nitrogens is 1. The fourth-order valence-corrected chi connectivity index (χ4v) is 4.66. The second kappa shape index (κ2) is 9.63. The number of amides is 1. The molecule has 0 saturated heterocycles. The Morgan fingerprint density at radius 3 is 2.62 bits per heavy atom. The highest BCUT2D eigenvalue weighted by molar-refractivity contribution is 7.89. The second-order valence-corrected chi connectivity index (χ2v) is 8.72. The first-order valence-corrected chi connectivity index (χ1v) is 10.9. The predicted octanol–water partition coefficient (Wildman–Crippen LogP) is 3.53. The Kier molecular flexibility index (Phi) is 7.12. The van der Waals surface area contributed by atoms with Gasteiger partial charge in [-0.15, -0.1) is 0 Å². The molecule has 1 N–H and O–H groups in total. The standard InChI is InChI=1S/C21H20F3N3O4S/c1-31-11-10-27(14-20(28)26-17-6-3-5-16(12-17)21(22,23)24)32(29,30)19-7-2-4-15-13-25-9-8-18(15)19/h2-9,12-13H,10-11,14H2,1H3,(H,26,28). The largest absolute Gasteiger partial charge is 0.416 e. The maximum atomic E-state index is 13.3. The Hall–Kier alpha value is -3.02. The van der Waals surface area contributed by atoms with Gasteiger partial charge in [-0.05, 0) is 30.3 Å². The van der Waals surface area contributed by atoms with Gasteiger partial charge in [0.15, 0.2) is 0 Å². The van der Waals surface area contributed by atoms with Crippen LogP contribution in [-0.2, 0) is 25.7 Å². The minimum absolute atomic E-state index is 0.0135. The average molecular weight is 467 g/mol. The number of benzene rings is 2. The lowest BCUT2D eigenvalue weighted by Crippen LogP contribution is -2.40. The maximum Gasteiger partial charge on any atom is 0.416 e. The van der Waals surface area contributed by atoms with Crippen LogP contribution in [0.3, 0.4) is 0 Å². The summed E-state index contributed by atoms with van der Waals surface area (Å²) in [6.07, 6.45) is -1.59. The summed E-state index contributed by atoms with van der Waals surface area (Å²) in [6, 6.07) is 10.3. The smallest absolute Gasteiger partial charge is 0.383 e. The molecule has 0 spiro atoms. The Labute approximate surface area is 182 Å². The van der Waals surface area contributed by atoms with E-state index in [1.165, 1.54) is 31.6 Å². The average Bonchev–Trinajstić information content (AvgIpc) is 2.75. The third-order valence-corrected chi connectivity index (χ3v) is 6.50. The van der Waals surface area contributed by atoms with E-state index in [1.54, 1.807) is 18.2 Å². The number of hydrogen-bond donors (Lipinski definition) is 1. The van der Waals surface area contributed by atoms with E-state index in [4.69, 9.17) is 4.74 Å². The molecular formula is C21H20F3N3O4S. The zero-order chi connectivity index (χ0) is 23.4. The van der Waals surface area contributed by atoms with E-state index in [1.807, 2.05) is 0 Å². The number of rotatable bonds is 8. The van der Waals surface area contributed by atoms with Gasteiger partial charge in [-0.1, -0.05) is 18.2 Å². The number of anilines is 1. The number of methoxy groups -OCH3 is 1. The first-order valence-electron chi connectivity index (χ1n) is 9.42.